The van der Waals surface area contributed by atoms with E-state index in [0.717, 1.165) is 10.6 Å². The first-order chi connectivity index (χ1) is 9.72. The second-order valence-electron chi connectivity index (χ2n) is 4.64. The molecule has 5 heteroatoms. The van der Waals surface area contributed by atoms with Crippen molar-refractivity contribution >= 4 is 17.0 Å². The molecule has 3 rings (SSSR count). The van der Waals surface area contributed by atoms with E-state index in [-0.39, 0.29) is 0 Å². The molecule has 0 atom stereocenters. The van der Waals surface area contributed by atoms with Crippen LogP contribution in [0.2, 0.25) is 0 Å². The van der Waals surface area contributed by atoms with E-state index in [2.05, 4.69) is 47.5 Å². The average molecular weight is 285 g/mol. The molecule has 0 aliphatic carbocycles. The summed E-state index contributed by atoms with van der Waals surface area (Å²) < 4.78 is 5.25. The topological polar surface area (TPSA) is 51.0 Å². The third-order valence-corrected chi connectivity index (χ3v) is 4.03. The van der Waals surface area contributed by atoms with E-state index in [1.54, 1.807) is 11.3 Å². The smallest absolute Gasteiger partial charge is 0.246 e. The number of benzene rings is 1. The summed E-state index contributed by atoms with van der Waals surface area (Å²) in [6, 6.07) is 10.2. The Morgan fingerprint density at radius 1 is 1.20 bits per heavy atom. The molecule has 0 fully saturated rings. The Bertz CT molecular complexity index is 704. The molecule has 3 aromatic rings. The summed E-state index contributed by atoms with van der Waals surface area (Å²) in [5.41, 5.74) is 3.61. The molecule has 2 aromatic heterocycles. The van der Waals surface area contributed by atoms with E-state index in [1.807, 2.05) is 17.5 Å². The van der Waals surface area contributed by atoms with Gasteiger partial charge in [-0.1, -0.05) is 17.3 Å². The number of aryl methyl sites for hydroxylation is 2. The summed E-state index contributed by atoms with van der Waals surface area (Å²) in [4.78, 5) is 5.40. The van der Waals surface area contributed by atoms with Crippen LogP contribution in [0.15, 0.2) is 40.2 Å². The number of hydrogen-bond acceptors (Lipinski definition) is 5. The van der Waals surface area contributed by atoms with Crippen LogP contribution in [0, 0.1) is 13.8 Å². The van der Waals surface area contributed by atoms with Crippen LogP contribution in [-0.4, -0.2) is 10.1 Å². The highest BCUT2D eigenvalue weighted by Crippen LogP contribution is 2.21. The number of anilines is 1. The number of nitrogens with one attached hydrogen (secondary N) is 1. The Balaban J connectivity index is 1.68. The number of rotatable bonds is 4. The zero-order chi connectivity index (χ0) is 13.9. The van der Waals surface area contributed by atoms with Gasteiger partial charge in [-0.15, -0.1) is 11.3 Å². The number of hydrogen-bond donors (Lipinski definition) is 1. The van der Waals surface area contributed by atoms with Crippen molar-refractivity contribution in [2.24, 2.45) is 0 Å². The average Bonchev–Trinajstić information content (AvgIpc) is 3.09. The first-order valence-electron chi connectivity index (χ1n) is 6.40. The molecule has 0 amide bonds. The maximum Gasteiger partial charge on any atom is 0.246 e. The highest BCUT2D eigenvalue weighted by molar-refractivity contribution is 7.13. The summed E-state index contributed by atoms with van der Waals surface area (Å²) in [5, 5.41) is 9.28. The lowest BCUT2D eigenvalue weighted by Crippen LogP contribution is -2.00. The SMILES string of the molecule is Cc1ccc(NCc2nc(-c3cccs3)no2)cc1C. The molecule has 4 nitrogen and oxygen atoms in total. The molecule has 2 heterocycles. The van der Waals surface area contributed by atoms with Crippen LogP contribution in [0.25, 0.3) is 10.7 Å². The minimum absolute atomic E-state index is 0.529. The van der Waals surface area contributed by atoms with E-state index in [9.17, 15) is 0 Å². The van der Waals surface area contributed by atoms with Gasteiger partial charge in [0.1, 0.15) is 0 Å². The van der Waals surface area contributed by atoms with Gasteiger partial charge in [-0.3, -0.25) is 0 Å². The van der Waals surface area contributed by atoms with Gasteiger partial charge in [-0.05, 0) is 48.6 Å². The number of aromatic nitrogens is 2. The highest BCUT2D eigenvalue weighted by Gasteiger charge is 2.09. The molecule has 0 aliphatic heterocycles. The van der Waals surface area contributed by atoms with Gasteiger partial charge in [-0.25, -0.2) is 0 Å². The fraction of sp³-hybridized carbons (Fsp3) is 0.200. The Labute approximate surface area is 121 Å². The Morgan fingerprint density at radius 2 is 2.10 bits per heavy atom. The lowest BCUT2D eigenvalue weighted by molar-refractivity contribution is 0.384. The van der Waals surface area contributed by atoms with Crippen LogP contribution < -0.4 is 5.32 Å². The largest absolute Gasteiger partial charge is 0.376 e. The van der Waals surface area contributed by atoms with Crippen LogP contribution in [0.3, 0.4) is 0 Å². The molecular weight excluding hydrogens is 270 g/mol. The quantitative estimate of drug-likeness (QED) is 0.786. The molecule has 102 valence electrons. The number of thiophene rings is 1. The lowest BCUT2D eigenvalue weighted by Gasteiger charge is -2.06. The number of nitrogens with zero attached hydrogens (tertiary/aromatic N) is 2. The fourth-order valence-corrected chi connectivity index (χ4v) is 2.51. The molecule has 0 saturated heterocycles. The van der Waals surface area contributed by atoms with Crippen LogP contribution in [0.1, 0.15) is 17.0 Å². The third kappa shape index (κ3) is 2.72. The van der Waals surface area contributed by atoms with Crippen molar-refractivity contribution in [3.63, 3.8) is 0 Å². The van der Waals surface area contributed by atoms with Crippen LogP contribution in [-0.2, 0) is 6.54 Å². The van der Waals surface area contributed by atoms with Gasteiger partial charge >= 0.3 is 0 Å². The third-order valence-electron chi connectivity index (χ3n) is 3.16. The predicted molar refractivity (Wildman–Crippen MR) is 80.9 cm³/mol. The fourth-order valence-electron chi connectivity index (χ4n) is 1.86. The first kappa shape index (κ1) is 12.9. The Kier molecular flexibility index (Phi) is 3.52. The molecule has 1 N–H and O–H groups in total. The monoisotopic (exact) mass is 285 g/mol. The van der Waals surface area contributed by atoms with Gasteiger partial charge < -0.3 is 9.84 Å². The van der Waals surface area contributed by atoms with Crippen LogP contribution >= 0.6 is 11.3 Å². The molecular formula is C15H15N3OS. The molecule has 1 aromatic carbocycles. The maximum atomic E-state index is 5.25. The van der Waals surface area contributed by atoms with Crippen molar-refractivity contribution in [3.05, 3.63) is 52.7 Å². The van der Waals surface area contributed by atoms with Crippen molar-refractivity contribution in [2.75, 3.05) is 5.32 Å². The second kappa shape index (κ2) is 5.46. The van der Waals surface area contributed by atoms with E-state index in [0.29, 0.717) is 18.3 Å². The van der Waals surface area contributed by atoms with Gasteiger partial charge in [0.05, 0.1) is 11.4 Å². The predicted octanol–water partition coefficient (Wildman–Crippen LogP) is 4.03. The van der Waals surface area contributed by atoms with Crippen LogP contribution in [0.4, 0.5) is 5.69 Å². The van der Waals surface area contributed by atoms with Gasteiger partial charge in [0.15, 0.2) is 0 Å². The van der Waals surface area contributed by atoms with E-state index < -0.39 is 0 Å². The van der Waals surface area contributed by atoms with Gasteiger partial charge in [0, 0.05) is 5.69 Å². The summed E-state index contributed by atoms with van der Waals surface area (Å²) in [7, 11) is 0. The van der Waals surface area contributed by atoms with E-state index >= 15 is 0 Å². The van der Waals surface area contributed by atoms with Crippen molar-refractivity contribution in [1.82, 2.24) is 10.1 Å². The van der Waals surface area contributed by atoms with Gasteiger partial charge in [-0.2, -0.15) is 4.98 Å². The second-order valence-corrected chi connectivity index (χ2v) is 5.59. The minimum Gasteiger partial charge on any atom is -0.376 e. The van der Waals surface area contributed by atoms with Gasteiger partial charge in [0.2, 0.25) is 11.7 Å². The van der Waals surface area contributed by atoms with Crippen LogP contribution in [0.5, 0.6) is 0 Å². The van der Waals surface area contributed by atoms with E-state index in [4.69, 9.17) is 4.52 Å². The summed E-state index contributed by atoms with van der Waals surface area (Å²) >= 11 is 1.60. The zero-order valence-electron chi connectivity index (χ0n) is 11.4. The molecule has 0 bridgehead atoms. The summed E-state index contributed by atoms with van der Waals surface area (Å²) in [6.45, 7) is 4.73. The van der Waals surface area contributed by atoms with Crippen molar-refractivity contribution < 1.29 is 4.52 Å². The highest BCUT2D eigenvalue weighted by atomic mass is 32.1. The lowest BCUT2D eigenvalue weighted by atomic mass is 10.1. The van der Waals surface area contributed by atoms with Crippen molar-refractivity contribution in [1.29, 1.82) is 0 Å². The molecule has 20 heavy (non-hydrogen) atoms. The Morgan fingerprint density at radius 3 is 2.85 bits per heavy atom. The standard InChI is InChI=1S/C15H15N3OS/c1-10-5-6-12(8-11(10)2)16-9-14-17-15(18-19-14)13-4-3-7-20-13/h3-8,16H,9H2,1-2H3. The Hall–Kier alpha value is -2.14. The van der Waals surface area contributed by atoms with E-state index in [1.165, 1.54) is 11.1 Å². The minimum atomic E-state index is 0.529. The first-order valence-corrected chi connectivity index (χ1v) is 7.28. The summed E-state index contributed by atoms with van der Waals surface area (Å²) in [6.07, 6.45) is 0. The molecule has 0 unspecified atom stereocenters. The summed E-state index contributed by atoms with van der Waals surface area (Å²) in [5.74, 6) is 1.24. The molecule has 0 saturated carbocycles. The zero-order valence-corrected chi connectivity index (χ0v) is 12.2. The normalized spacial score (nSPS) is 10.7. The molecule has 0 spiro atoms. The van der Waals surface area contributed by atoms with Crippen molar-refractivity contribution in [3.8, 4) is 10.7 Å². The molecule has 0 radical (unpaired) electrons. The molecule has 0 aliphatic rings. The van der Waals surface area contributed by atoms with Gasteiger partial charge in [0.25, 0.3) is 0 Å². The maximum absolute atomic E-state index is 5.25. The van der Waals surface area contributed by atoms with Crippen molar-refractivity contribution in [2.45, 2.75) is 20.4 Å².